The molecule has 40 heavy (non-hydrogen) atoms. The third-order valence-corrected chi connectivity index (χ3v) is 8.10. The van der Waals surface area contributed by atoms with Gasteiger partial charge in [-0.3, -0.25) is 19.4 Å². The highest BCUT2D eigenvalue weighted by molar-refractivity contribution is 7.21. The van der Waals surface area contributed by atoms with Crippen LogP contribution in [-0.4, -0.2) is 50.1 Å². The largest absolute Gasteiger partial charge is 0.419 e. The molecule has 202 valence electrons. The van der Waals surface area contributed by atoms with E-state index in [2.05, 4.69) is 32.1 Å². The smallest absolute Gasteiger partial charge is 0.334 e. The first kappa shape index (κ1) is 25.4. The van der Waals surface area contributed by atoms with E-state index < -0.39 is 18.0 Å². The Morgan fingerprint density at radius 3 is 2.75 bits per heavy atom. The highest BCUT2D eigenvalue weighted by Gasteiger charge is 2.45. The molecule has 0 unspecified atom stereocenters. The Kier molecular flexibility index (Phi) is 6.34. The zero-order valence-corrected chi connectivity index (χ0v) is 22.2. The van der Waals surface area contributed by atoms with Crippen LogP contribution >= 0.6 is 11.3 Å². The highest BCUT2D eigenvalue weighted by atomic mass is 32.1. The number of primary amides is 1. The van der Waals surface area contributed by atoms with Crippen molar-refractivity contribution in [1.29, 1.82) is 0 Å². The van der Waals surface area contributed by atoms with E-state index >= 15 is 0 Å². The molecule has 0 aromatic carbocycles. The van der Waals surface area contributed by atoms with Crippen LogP contribution in [-0.2, 0) is 4.79 Å². The van der Waals surface area contributed by atoms with E-state index in [4.69, 9.17) is 10.5 Å². The van der Waals surface area contributed by atoms with E-state index in [-0.39, 0.29) is 28.6 Å². The molecule has 1 fully saturated rings. The Balaban J connectivity index is 1.49. The van der Waals surface area contributed by atoms with Crippen LogP contribution in [0.5, 0.6) is 11.8 Å². The molecule has 4 aromatic rings. The van der Waals surface area contributed by atoms with Crippen molar-refractivity contribution in [2.75, 3.05) is 9.80 Å². The summed E-state index contributed by atoms with van der Waals surface area (Å²) in [6.45, 7) is 5.32. The van der Waals surface area contributed by atoms with Crippen molar-refractivity contribution in [3.63, 3.8) is 0 Å². The fraction of sp³-hybridized carbons (Fsp3) is 0.222. The SMILES string of the molecule is C=CC(=O)N[C@H]1CCC[C@H]1N1C(=O)N(c2ccc(Oc3cccnn3)nc2C)c2ccnc3sc(C(N)=O)c1c23. The Bertz CT molecular complexity index is 1670. The van der Waals surface area contributed by atoms with Gasteiger partial charge in [0.05, 0.1) is 40.2 Å². The lowest BCUT2D eigenvalue weighted by molar-refractivity contribution is -0.117. The van der Waals surface area contributed by atoms with Crippen LogP contribution in [0.25, 0.3) is 10.2 Å². The number of amides is 4. The quantitative estimate of drug-likeness (QED) is 0.324. The second-order valence-corrected chi connectivity index (χ2v) is 10.4. The number of aromatic nitrogens is 4. The molecule has 3 N–H and O–H groups in total. The summed E-state index contributed by atoms with van der Waals surface area (Å²) in [5.74, 6) is -0.403. The van der Waals surface area contributed by atoms with Gasteiger partial charge in [-0.1, -0.05) is 6.58 Å². The van der Waals surface area contributed by atoms with Gasteiger partial charge in [-0.2, -0.15) is 5.10 Å². The molecule has 1 saturated carbocycles. The summed E-state index contributed by atoms with van der Waals surface area (Å²) in [6, 6.07) is 7.33. The monoisotopic (exact) mass is 556 g/mol. The molecule has 1 aliphatic heterocycles. The molecule has 1 aliphatic carbocycles. The summed E-state index contributed by atoms with van der Waals surface area (Å²) in [6.07, 6.45) is 6.41. The summed E-state index contributed by atoms with van der Waals surface area (Å²) in [5.41, 5.74) is 7.83. The maximum absolute atomic E-state index is 14.5. The van der Waals surface area contributed by atoms with Crippen LogP contribution < -0.4 is 25.6 Å². The van der Waals surface area contributed by atoms with Crippen molar-refractivity contribution < 1.29 is 19.1 Å². The number of urea groups is 1. The second kappa shape index (κ2) is 10.0. The highest BCUT2D eigenvalue weighted by Crippen LogP contribution is 2.50. The molecule has 0 spiro atoms. The third-order valence-electron chi connectivity index (χ3n) is 7.00. The van der Waals surface area contributed by atoms with E-state index in [0.29, 0.717) is 45.8 Å². The lowest BCUT2D eigenvalue weighted by Crippen LogP contribution is -2.55. The number of rotatable bonds is 7. The Morgan fingerprint density at radius 1 is 1.18 bits per heavy atom. The first-order chi connectivity index (χ1) is 19.4. The number of hydrogen-bond donors (Lipinski definition) is 2. The zero-order valence-electron chi connectivity index (χ0n) is 21.4. The third kappa shape index (κ3) is 4.20. The number of nitrogens with one attached hydrogen (secondary N) is 1. The molecule has 4 amide bonds. The van der Waals surface area contributed by atoms with E-state index in [0.717, 1.165) is 17.8 Å². The molecule has 6 rings (SSSR count). The fourth-order valence-electron chi connectivity index (χ4n) is 5.35. The summed E-state index contributed by atoms with van der Waals surface area (Å²) in [4.78, 5) is 52.3. The predicted octanol–water partition coefficient (Wildman–Crippen LogP) is 3.98. The van der Waals surface area contributed by atoms with Crippen molar-refractivity contribution in [3.8, 4) is 11.8 Å². The number of pyridine rings is 2. The van der Waals surface area contributed by atoms with Gasteiger partial charge < -0.3 is 15.8 Å². The number of nitrogens with zero attached hydrogens (tertiary/aromatic N) is 6. The van der Waals surface area contributed by atoms with Crippen LogP contribution in [0, 0.1) is 6.92 Å². The van der Waals surface area contributed by atoms with Gasteiger partial charge in [0, 0.05) is 24.5 Å². The van der Waals surface area contributed by atoms with Crippen LogP contribution in [0.3, 0.4) is 0 Å². The molecular formula is C27H24N8O4S. The van der Waals surface area contributed by atoms with E-state index in [1.165, 1.54) is 12.3 Å². The number of thiophene rings is 1. The second-order valence-electron chi connectivity index (χ2n) is 9.38. The maximum Gasteiger partial charge on any atom is 0.334 e. The van der Waals surface area contributed by atoms with Gasteiger partial charge in [-0.25, -0.2) is 14.8 Å². The zero-order chi connectivity index (χ0) is 28.0. The molecule has 2 aliphatic rings. The molecule has 0 bridgehead atoms. The van der Waals surface area contributed by atoms with Crippen LogP contribution in [0.2, 0.25) is 0 Å². The number of aryl methyl sites for hydroxylation is 1. The lowest BCUT2D eigenvalue weighted by atomic mass is 10.0. The van der Waals surface area contributed by atoms with Crippen molar-refractivity contribution in [3.05, 3.63) is 66.0 Å². The summed E-state index contributed by atoms with van der Waals surface area (Å²) >= 11 is 1.14. The standard InChI is InChI=1S/C27H24N8O4S/c1-3-19(36)32-15-6-4-7-17(15)35-23-22-18(11-13-29-26(22)40-24(23)25(28)37)34(27(35)38)16-9-10-20(31-14(16)2)39-21-8-5-12-30-33-21/h3,5,8-13,15,17H,1,4,6-7H2,2H3,(H2,28,37)(H,32,36)/t15-,17+/m0/s1. The number of anilines is 3. The van der Waals surface area contributed by atoms with E-state index in [1.807, 2.05) is 0 Å². The first-order valence-electron chi connectivity index (χ1n) is 12.6. The average molecular weight is 557 g/mol. The minimum absolute atomic E-state index is 0.242. The summed E-state index contributed by atoms with van der Waals surface area (Å²) < 4.78 is 5.73. The van der Waals surface area contributed by atoms with Crippen LogP contribution in [0.1, 0.15) is 34.6 Å². The Morgan fingerprint density at radius 2 is 2.02 bits per heavy atom. The van der Waals surface area contributed by atoms with Gasteiger partial charge in [0.1, 0.15) is 9.71 Å². The summed E-state index contributed by atoms with van der Waals surface area (Å²) in [7, 11) is 0. The number of hydrogen-bond acceptors (Lipinski definition) is 9. The number of carbonyl (C=O) groups is 3. The Hall–Kier alpha value is -4.91. The van der Waals surface area contributed by atoms with Gasteiger partial charge in [0.2, 0.25) is 17.7 Å². The molecule has 0 saturated heterocycles. The van der Waals surface area contributed by atoms with Gasteiger partial charge in [0.25, 0.3) is 5.91 Å². The van der Waals surface area contributed by atoms with Crippen molar-refractivity contribution in [1.82, 2.24) is 25.5 Å². The van der Waals surface area contributed by atoms with Crippen LogP contribution in [0.15, 0.2) is 55.4 Å². The lowest BCUT2D eigenvalue weighted by Gasteiger charge is -2.41. The van der Waals surface area contributed by atoms with Crippen LogP contribution in [0.4, 0.5) is 21.9 Å². The van der Waals surface area contributed by atoms with Gasteiger partial charge >= 0.3 is 6.03 Å². The minimum atomic E-state index is -0.650. The topological polar surface area (TPSA) is 157 Å². The summed E-state index contributed by atoms with van der Waals surface area (Å²) in [5, 5.41) is 11.3. The maximum atomic E-state index is 14.5. The van der Waals surface area contributed by atoms with Gasteiger partial charge in [0.15, 0.2) is 0 Å². The minimum Gasteiger partial charge on any atom is -0.419 e. The fourth-order valence-corrected chi connectivity index (χ4v) is 6.36. The van der Waals surface area contributed by atoms with Crippen molar-refractivity contribution >= 4 is 56.5 Å². The molecule has 12 nitrogen and oxygen atoms in total. The van der Waals surface area contributed by atoms with E-state index in [9.17, 15) is 14.4 Å². The molecule has 0 radical (unpaired) electrons. The van der Waals surface area contributed by atoms with Crippen molar-refractivity contribution in [2.45, 2.75) is 38.3 Å². The molecule has 5 heterocycles. The first-order valence-corrected chi connectivity index (χ1v) is 13.4. The predicted molar refractivity (Wildman–Crippen MR) is 149 cm³/mol. The van der Waals surface area contributed by atoms with Gasteiger partial charge in [-0.15, -0.1) is 16.4 Å². The number of carbonyl (C=O) groups excluding carboxylic acids is 3. The molecular weight excluding hydrogens is 532 g/mol. The number of ether oxygens (including phenoxy) is 1. The molecule has 13 heteroatoms. The average Bonchev–Trinajstić information content (AvgIpc) is 3.56. The van der Waals surface area contributed by atoms with Gasteiger partial charge in [-0.05, 0) is 50.5 Å². The number of nitrogens with two attached hydrogens (primary N) is 1. The van der Waals surface area contributed by atoms with Crippen molar-refractivity contribution in [2.24, 2.45) is 5.73 Å². The van der Waals surface area contributed by atoms with E-state index in [1.54, 1.807) is 53.3 Å². The molecule has 4 aromatic heterocycles. The molecule has 2 atom stereocenters. The Labute approximate surface area is 232 Å². The normalized spacial score (nSPS) is 18.2.